The van der Waals surface area contributed by atoms with E-state index in [-0.39, 0.29) is 11.9 Å². The van der Waals surface area contributed by atoms with Crippen molar-refractivity contribution in [3.63, 3.8) is 0 Å². The SMILES string of the molecule is Cc1c(C(=O)N2CCC[C@H]2c2nc(N(C)C)ncc2-c2ccc(Cl)cc2)cnn1C. The lowest BCUT2D eigenvalue weighted by molar-refractivity contribution is 0.0732. The van der Waals surface area contributed by atoms with Gasteiger partial charge in [-0.05, 0) is 37.5 Å². The second kappa shape index (κ2) is 8.07. The summed E-state index contributed by atoms with van der Waals surface area (Å²) in [6, 6.07) is 7.52. The number of anilines is 1. The first-order chi connectivity index (χ1) is 14.4. The minimum absolute atomic E-state index is 0.00447. The van der Waals surface area contributed by atoms with Crippen LogP contribution in [-0.4, -0.2) is 51.2 Å². The predicted octanol–water partition coefficient (Wildman–Crippen LogP) is 3.88. The Balaban J connectivity index is 1.78. The first-order valence-corrected chi connectivity index (χ1v) is 10.3. The van der Waals surface area contributed by atoms with Gasteiger partial charge in [0.2, 0.25) is 5.95 Å². The number of rotatable bonds is 4. The molecule has 4 rings (SSSR count). The van der Waals surface area contributed by atoms with Gasteiger partial charge in [0.05, 0.1) is 23.5 Å². The number of hydrogen-bond donors (Lipinski definition) is 0. The highest BCUT2D eigenvalue weighted by molar-refractivity contribution is 6.30. The van der Waals surface area contributed by atoms with Gasteiger partial charge in [0.15, 0.2) is 0 Å². The van der Waals surface area contributed by atoms with E-state index in [0.29, 0.717) is 23.1 Å². The van der Waals surface area contributed by atoms with Gasteiger partial charge >= 0.3 is 0 Å². The van der Waals surface area contributed by atoms with E-state index in [9.17, 15) is 4.79 Å². The number of likely N-dealkylation sites (tertiary alicyclic amines) is 1. The standard InChI is InChI=1S/C22H25ClN6O/c1-14-17(13-25-28(14)4)21(30)29-11-5-6-19(29)20-18(12-24-22(26-20)27(2)3)15-7-9-16(23)10-8-15/h7-10,12-13,19H,5-6,11H2,1-4H3/t19-/m0/s1. The van der Waals surface area contributed by atoms with Crippen LogP contribution in [0.5, 0.6) is 0 Å². The van der Waals surface area contributed by atoms with Crippen molar-refractivity contribution in [1.29, 1.82) is 0 Å². The molecule has 156 valence electrons. The lowest BCUT2D eigenvalue weighted by atomic mass is 9.99. The molecule has 30 heavy (non-hydrogen) atoms. The summed E-state index contributed by atoms with van der Waals surface area (Å²) in [6.45, 7) is 2.61. The molecule has 0 bridgehead atoms. The number of aryl methyl sites for hydroxylation is 1. The van der Waals surface area contributed by atoms with Crippen LogP contribution in [0.25, 0.3) is 11.1 Å². The molecule has 0 unspecified atom stereocenters. The first-order valence-electron chi connectivity index (χ1n) is 9.96. The molecular formula is C22H25ClN6O. The number of halogens is 1. The fourth-order valence-electron chi connectivity index (χ4n) is 3.86. The molecule has 0 radical (unpaired) electrons. The number of amides is 1. The monoisotopic (exact) mass is 424 g/mol. The zero-order chi connectivity index (χ0) is 21.4. The third-order valence-corrected chi connectivity index (χ3v) is 5.91. The molecule has 1 atom stereocenters. The number of hydrogen-bond acceptors (Lipinski definition) is 5. The summed E-state index contributed by atoms with van der Waals surface area (Å²) < 4.78 is 1.73. The summed E-state index contributed by atoms with van der Waals surface area (Å²) in [6.07, 6.45) is 5.28. The van der Waals surface area contributed by atoms with Crippen molar-refractivity contribution in [2.24, 2.45) is 7.05 Å². The average Bonchev–Trinajstić information content (AvgIpc) is 3.35. The Labute approximate surface area is 181 Å². The van der Waals surface area contributed by atoms with Crippen LogP contribution in [0.1, 0.15) is 40.6 Å². The van der Waals surface area contributed by atoms with Crippen molar-refractivity contribution in [3.8, 4) is 11.1 Å². The summed E-state index contributed by atoms with van der Waals surface area (Å²) >= 11 is 6.08. The van der Waals surface area contributed by atoms with Crippen molar-refractivity contribution >= 4 is 23.5 Å². The molecule has 1 aliphatic heterocycles. The van der Waals surface area contributed by atoms with Gasteiger partial charge in [-0.1, -0.05) is 23.7 Å². The second-order valence-electron chi connectivity index (χ2n) is 7.79. The van der Waals surface area contributed by atoms with Crippen molar-refractivity contribution in [2.45, 2.75) is 25.8 Å². The van der Waals surface area contributed by atoms with Crippen LogP contribution < -0.4 is 4.90 Å². The van der Waals surface area contributed by atoms with E-state index in [1.807, 2.05) is 68.3 Å². The second-order valence-corrected chi connectivity index (χ2v) is 8.23. The third kappa shape index (κ3) is 3.65. The Kier molecular flexibility index (Phi) is 5.47. The summed E-state index contributed by atoms with van der Waals surface area (Å²) in [5.41, 5.74) is 4.27. The summed E-state index contributed by atoms with van der Waals surface area (Å²) in [4.78, 5) is 26.6. The Morgan fingerprint density at radius 2 is 1.93 bits per heavy atom. The Bertz CT molecular complexity index is 1080. The van der Waals surface area contributed by atoms with E-state index in [1.165, 1.54) is 0 Å². The van der Waals surface area contributed by atoms with Gasteiger partial charge in [-0.15, -0.1) is 0 Å². The molecule has 8 heteroatoms. The molecule has 0 saturated carbocycles. The molecule has 3 aromatic rings. The number of carbonyl (C=O) groups excluding carboxylic acids is 1. The van der Waals surface area contributed by atoms with E-state index >= 15 is 0 Å². The fraction of sp³-hybridized carbons (Fsp3) is 0.364. The molecule has 1 aromatic carbocycles. The third-order valence-electron chi connectivity index (χ3n) is 5.66. The minimum atomic E-state index is -0.121. The summed E-state index contributed by atoms with van der Waals surface area (Å²) in [5.74, 6) is 0.620. The van der Waals surface area contributed by atoms with Crippen LogP contribution in [0, 0.1) is 6.92 Å². The van der Waals surface area contributed by atoms with E-state index in [0.717, 1.165) is 35.4 Å². The average molecular weight is 425 g/mol. The predicted molar refractivity (Wildman–Crippen MR) is 118 cm³/mol. The number of aromatic nitrogens is 4. The van der Waals surface area contributed by atoms with Gasteiger partial charge in [-0.2, -0.15) is 5.10 Å². The smallest absolute Gasteiger partial charge is 0.257 e. The lowest BCUT2D eigenvalue weighted by Crippen LogP contribution is -2.32. The van der Waals surface area contributed by atoms with Gasteiger partial charge in [-0.25, -0.2) is 9.97 Å². The molecule has 2 aromatic heterocycles. The normalized spacial score (nSPS) is 16.2. The maximum Gasteiger partial charge on any atom is 0.257 e. The van der Waals surface area contributed by atoms with Crippen molar-refractivity contribution in [2.75, 3.05) is 25.5 Å². The highest BCUT2D eigenvalue weighted by Crippen LogP contribution is 2.38. The Hall–Kier alpha value is -2.93. The minimum Gasteiger partial charge on any atom is -0.347 e. The molecule has 1 fully saturated rings. The first kappa shape index (κ1) is 20.3. The van der Waals surface area contributed by atoms with Crippen LogP contribution in [0.3, 0.4) is 0 Å². The van der Waals surface area contributed by atoms with Crippen LogP contribution >= 0.6 is 11.6 Å². The zero-order valence-electron chi connectivity index (χ0n) is 17.6. The van der Waals surface area contributed by atoms with Gasteiger partial charge in [0.25, 0.3) is 5.91 Å². The van der Waals surface area contributed by atoms with Crippen LogP contribution in [0.4, 0.5) is 5.95 Å². The van der Waals surface area contributed by atoms with Crippen molar-refractivity contribution < 1.29 is 4.79 Å². The van der Waals surface area contributed by atoms with Crippen LogP contribution in [0.15, 0.2) is 36.7 Å². The van der Waals surface area contributed by atoms with Crippen molar-refractivity contribution in [3.05, 3.63) is 58.6 Å². The van der Waals surface area contributed by atoms with Gasteiger partial charge in [0.1, 0.15) is 0 Å². The maximum absolute atomic E-state index is 13.4. The summed E-state index contributed by atoms with van der Waals surface area (Å²) in [7, 11) is 5.68. The zero-order valence-corrected chi connectivity index (χ0v) is 18.4. The molecule has 1 saturated heterocycles. The van der Waals surface area contributed by atoms with Gasteiger partial charge < -0.3 is 9.80 Å². The van der Waals surface area contributed by atoms with E-state index < -0.39 is 0 Å². The molecule has 0 aliphatic carbocycles. The largest absolute Gasteiger partial charge is 0.347 e. The Morgan fingerprint density at radius 3 is 2.57 bits per heavy atom. The molecule has 1 aliphatic rings. The number of carbonyl (C=O) groups is 1. The van der Waals surface area contributed by atoms with Gasteiger partial charge in [-0.3, -0.25) is 9.48 Å². The molecule has 1 amide bonds. The van der Waals surface area contributed by atoms with Crippen LogP contribution in [0.2, 0.25) is 5.02 Å². The fourth-order valence-corrected chi connectivity index (χ4v) is 3.99. The Morgan fingerprint density at radius 1 is 1.20 bits per heavy atom. The molecule has 0 N–H and O–H groups in total. The number of nitrogens with zero attached hydrogens (tertiary/aromatic N) is 6. The molecule has 7 nitrogen and oxygen atoms in total. The maximum atomic E-state index is 13.4. The molecule has 0 spiro atoms. The molecular weight excluding hydrogens is 400 g/mol. The summed E-state index contributed by atoms with van der Waals surface area (Å²) in [5, 5.41) is 4.92. The molecule has 3 heterocycles. The van der Waals surface area contributed by atoms with E-state index in [4.69, 9.17) is 16.6 Å². The lowest BCUT2D eigenvalue weighted by Gasteiger charge is -2.27. The number of benzene rings is 1. The van der Waals surface area contributed by atoms with Crippen LogP contribution in [-0.2, 0) is 7.05 Å². The highest BCUT2D eigenvalue weighted by Gasteiger charge is 2.35. The highest BCUT2D eigenvalue weighted by atomic mass is 35.5. The quantitative estimate of drug-likeness (QED) is 0.635. The van der Waals surface area contributed by atoms with Gasteiger partial charge in [0, 0.05) is 50.2 Å². The van der Waals surface area contributed by atoms with Crippen molar-refractivity contribution in [1.82, 2.24) is 24.6 Å². The van der Waals surface area contributed by atoms with E-state index in [1.54, 1.807) is 10.9 Å². The van der Waals surface area contributed by atoms with E-state index in [2.05, 4.69) is 10.1 Å². The topological polar surface area (TPSA) is 67.2 Å².